The number of aryl methyl sites for hydroxylation is 3. The molecule has 3 rings (SSSR count). The normalized spacial score (nSPS) is 10.9. The molecule has 5 nitrogen and oxygen atoms in total. The zero-order valence-corrected chi connectivity index (χ0v) is 17.5. The van der Waals surface area contributed by atoms with Crippen LogP contribution < -0.4 is 4.74 Å². The maximum atomic E-state index is 9.68. The van der Waals surface area contributed by atoms with Crippen LogP contribution >= 0.6 is 11.5 Å². The second-order valence-electron chi connectivity index (χ2n) is 6.89. The molecule has 0 bridgehead atoms. The van der Waals surface area contributed by atoms with E-state index in [1.54, 1.807) is 6.34 Å². The number of aromatic nitrogens is 1. The lowest BCUT2D eigenvalue weighted by molar-refractivity contribution is 0.491. The molecule has 0 fully saturated rings. The molecule has 0 unspecified atom stereocenters. The fraction of sp³-hybridized carbons (Fsp3) is 0.227. The number of aliphatic imine (C=N–C) groups is 1. The molecule has 0 amide bonds. The van der Waals surface area contributed by atoms with E-state index in [1.165, 1.54) is 11.5 Å². The first kappa shape index (κ1) is 19.6. The predicted molar refractivity (Wildman–Crippen MR) is 115 cm³/mol. The third-order valence-corrected chi connectivity index (χ3v) is 4.95. The maximum Gasteiger partial charge on any atom is 0.218 e. The topological polar surface area (TPSA) is 61.5 Å². The molecule has 0 radical (unpaired) electrons. The van der Waals surface area contributed by atoms with E-state index in [1.807, 2.05) is 76.2 Å². The van der Waals surface area contributed by atoms with E-state index in [9.17, 15) is 5.26 Å². The van der Waals surface area contributed by atoms with Crippen LogP contribution in [0, 0.1) is 32.1 Å². The molecule has 0 atom stereocenters. The van der Waals surface area contributed by atoms with Crippen LogP contribution in [0.3, 0.4) is 0 Å². The van der Waals surface area contributed by atoms with Crippen molar-refractivity contribution in [3.63, 3.8) is 0 Å². The third-order valence-electron chi connectivity index (χ3n) is 4.22. The average Bonchev–Trinajstić information content (AvgIpc) is 3.06. The van der Waals surface area contributed by atoms with Crippen molar-refractivity contribution in [3.05, 3.63) is 58.7 Å². The maximum absolute atomic E-state index is 9.68. The van der Waals surface area contributed by atoms with Crippen molar-refractivity contribution in [2.75, 3.05) is 14.1 Å². The number of nitriles is 1. The minimum atomic E-state index is 0.459. The minimum Gasteiger partial charge on any atom is -0.443 e. The Morgan fingerprint density at radius 3 is 2.46 bits per heavy atom. The molecule has 3 aromatic rings. The van der Waals surface area contributed by atoms with Crippen molar-refractivity contribution in [1.82, 2.24) is 9.27 Å². The fourth-order valence-corrected chi connectivity index (χ4v) is 3.38. The Kier molecular flexibility index (Phi) is 5.76. The van der Waals surface area contributed by atoms with Crippen LogP contribution in [0.15, 0.2) is 41.4 Å². The van der Waals surface area contributed by atoms with Gasteiger partial charge < -0.3 is 9.64 Å². The standard InChI is InChI=1S/C22H22N4OS/c1-14-6-8-17(9-7-14)21-18(12-23)22(28-25-21)27-20-11-15(2)19(10-16(20)3)24-13-26(4)5/h6-11,13H,1-5H3/b24-13-. The van der Waals surface area contributed by atoms with Gasteiger partial charge in [-0.2, -0.15) is 9.64 Å². The summed E-state index contributed by atoms with van der Waals surface area (Å²) in [6.45, 7) is 5.99. The molecule has 0 spiro atoms. The molecule has 28 heavy (non-hydrogen) atoms. The summed E-state index contributed by atoms with van der Waals surface area (Å²) in [7, 11) is 3.87. The molecule has 1 heterocycles. The van der Waals surface area contributed by atoms with Crippen LogP contribution in [0.1, 0.15) is 22.3 Å². The van der Waals surface area contributed by atoms with Crippen molar-refractivity contribution in [1.29, 1.82) is 5.26 Å². The molecule has 6 heteroatoms. The van der Waals surface area contributed by atoms with E-state index in [0.29, 0.717) is 22.1 Å². The molecule has 1 aromatic heterocycles. The highest BCUT2D eigenvalue weighted by Gasteiger charge is 2.18. The summed E-state index contributed by atoms with van der Waals surface area (Å²) in [6.07, 6.45) is 1.77. The van der Waals surface area contributed by atoms with Gasteiger partial charge in [-0.15, -0.1) is 0 Å². The van der Waals surface area contributed by atoms with Crippen LogP contribution in [0.25, 0.3) is 11.3 Å². The van der Waals surface area contributed by atoms with E-state index in [2.05, 4.69) is 15.4 Å². The second kappa shape index (κ2) is 8.24. The predicted octanol–water partition coefficient (Wildman–Crippen LogP) is 5.62. The Hall–Kier alpha value is -3.17. The quantitative estimate of drug-likeness (QED) is 0.419. The summed E-state index contributed by atoms with van der Waals surface area (Å²) in [4.78, 5) is 6.37. The van der Waals surface area contributed by atoms with Gasteiger partial charge in [0.2, 0.25) is 5.06 Å². The van der Waals surface area contributed by atoms with Crippen LogP contribution in [0.4, 0.5) is 5.69 Å². The second-order valence-corrected chi connectivity index (χ2v) is 7.62. The highest BCUT2D eigenvalue weighted by Crippen LogP contribution is 2.38. The van der Waals surface area contributed by atoms with Gasteiger partial charge in [0, 0.05) is 31.2 Å². The molecule has 0 N–H and O–H groups in total. The molecule has 2 aromatic carbocycles. The monoisotopic (exact) mass is 390 g/mol. The van der Waals surface area contributed by atoms with Gasteiger partial charge in [0.1, 0.15) is 23.1 Å². The van der Waals surface area contributed by atoms with Crippen LogP contribution in [0.2, 0.25) is 0 Å². The largest absolute Gasteiger partial charge is 0.443 e. The molecule has 142 valence electrons. The van der Waals surface area contributed by atoms with Crippen LogP contribution in [-0.4, -0.2) is 29.7 Å². The third kappa shape index (κ3) is 4.21. The summed E-state index contributed by atoms with van der Waals surface area (Å²) in [5.41, 5.74) is 6.03. The van der Waals surface area contributed by atoms with Gasteiger partial charge in [-0.05, 0) is 44.0 Å². The highest BCUT2D eigenvalue weighted by atomic mass is 32.1. The van der Waals surface area contributed by atoms with E-state index < -0.39 is 0 Å². The zero-order chi connectivity index (χ0) is 20.3. The number of rotatable bonds is 5. The minimum absolute atomic E-state index is 0.459. The van der Waals surface area contributed by atoms with E-state index in [0.717, 1.165) is 27.9 Å². The summed E-state index contributed by atoms with van der Waals surface area (Å²) in [5.74, 6) is 0.705. The number of hydrogen-bond donors (Lipinski definition) is 0. The molecule has 0 aliphatic carbocycles. The van der Waals surface area contributed by atoms with Crippen molar-refractivity contribution in [2.45, 2.75) is 20.8 Å². The first-order valence-corrected chi connectivity index (χ1v) is 9.63. The summed E-state index contributed by atoms with van der Waals surface area (Å²) in [6, 6.07) is 14.2. The molecule has 0 aliphatic rings. The van der Waals surface area contributed by atoms with Gasteiger partial charge in [0.15, 0.2) is 0 Å². The van der Waals surface area contributed by atoms with E-state index >= 15 is 0 Å². The van der Waals surface area contributed by atoms with Gasteiger partial charge in [0.05, 0.1) is 12.0 Å². The summed E-state index contributed by atoms with van der Waals surface area (Å²) >= 11 is 1.20. The number of hydrogen-bond acceptors (Lipinski definition) is 5. The molecule has 0 saturated carbocycles. The zero-order valence-electron chi connectivity index (χ0n) is 16.6. The number of nitrogens with zero attached hydrogens (tertiary/aromatic N) is 4. The van der Waals surface area contributed by atoms with Crippen molar-refractivity contribution in [2.24, 2.45) is 4.99 Å². The SMILES string of the molecule is Cc1ccc(-c2nsc(Oc3cc(C)c(/N=C\N(C)C)cc3C)c2C#N)cc1. The van der Waals surface area contributed by atoms with Gasteiger partial charge in [0.25, 0.3) is 0 Å². The summed E-state index contributed by atoms with van der Waals surface area (Å²) < 4.78 is 10.6. The average molecular weight is 391 g/mol. The Bertz CT molecular complexity index is 1060. The Morgan fingerprint density at radius 1 is 1.11 bits per heavy atom. The first-order valence-electron chi connectivity index (χ1n) is 8.85. The smallest absolute Gasteiger partial charge is 0.218 e. The van der Waals surface area contributed by atoms with E-state index in [4.69, 9.17) is 4.74 Å². The van der Waals surface area contributed by atoms with Crippen LogP contribution in [-0.2, 0) is 0 Å². The summed E-state index contributed by atoms with van der Waals surface area (Å²) in [5, 5.41) is 10.2. The lowest BCUT2D eigenvalue weighted by Crippen LogP contribution is -2.07. The van der Waals surface area contributed by atoms with Crippen LogP contribution in [0.5, 0.6) is 10.8 Å². The fourth-order valence-electron chi connectivity index (χ4n) is 2.65. The van der Waals surface area contributed by atoms with Gasteiger partial charge in [-0.3, -0.25) is 0 Å². The lowest BCUT2D eigenvalue weighted by Gasteiger charge is -2.11. The number of benzene rings is 2. The van der Waals surface area contributed by atoms with Crippen molar-refractivity contribution < 1.29 is 4.74 Å². The molecule has 0 aliphatic heterocycles. The highest BCUT2D eigenvalue weighted by molar-refractivity contribution is 7.08. The number of ether oxygens (including phenoxy) is 1. The lowest BCUT2D eigenvalue weighted by atomic mass is 10.1. The Labute approximate surface area is 169 Å². The Balaban J connectivity index is 1.93. The van der Waals surface area contributed by atoms with Gasteiger partial charge >= 0.3 is 0 Å². The van der Waals surface area contributed by atoms with Crippen molar-refractivity contribution in [3.8, 4) is 28.1 Å². The van der Waals surface area contributed by atoms with Gasteiger partial charge in [-0.1, -0.05) is 29.8 Å². The van der Waals surface area contributed by atoms with E-state index in [-0.39, 0.29) is 0 Å². The molecule has 0 saturated heterocycles. The van der Waals surface area contributed by atoms with Gasteiger partial charge in [-0.25, -0.2) is 4.99 Å². The van der Waals surface area contributed by atoms with Crippen molar-refractivity contribution >= 4 is 23.6 Å². The molecular formula is C22H22N4OS. The first-order chi connectivity index (χ1) is 13.4. The Morgan fingerprint density at radius 2 is 1.82 bits per heavy atom. The molecular weight excluding hydrogens is 368 g/mol.